The third-order valence-corrected chi connectivity index (χ3v) is 3.38. The molecule has 1 N–H and O–H groups in total. The van der Waals surface area contributed by atoms with Crippen LogP contribution in [0.25, 0.3) is 0 Å². The van der Waals surface area contributed by atoms with Crippen LogP contribution >= 0.6 is 11.6 Å². The van der Waals surface area contributed by atoms with Crippen LogP contribution in [0.15, 0.2) is 48.5 Å². The zero-order valence-corrected chi connectivity index (χ0v) is 12.7. The summed E-state index contributed by atoms with van der Waals surface area (Å²) in [5.74, 6) is 0.684. The fourth-order valence-electron chi connectivity index (χ4n) is 2.12. The maximum absolute atomic E-state index is 10.4. The normalized spacial score (nSPS) is 12.1. The van der Waals surface area contributed by atoms with Crippen molar-refractivity contribution in [1.82, 2.24) is 0 Å². The highest BCUT2D eigenvalue weighted by molar-refractivity contribution is 6.30. The SMILES string of the molecule is COCCOc1ccccc1C(O)Cc1cccc(Cl)c1. The zero-order valence-electron chi connectivity index (χ0n) is 12.0. The van der Waals surface area contributed by atoms with Gasteiger partial charge in [-0.15, -0.1) is 0 Å². The van der Waals surface area contributed by atoms with Gasteiger partial charge in [-0.3, -0.25) is 0 Å². The number of ether oxygens (including phenoxy) is 2. The largest absolute Gasteiger partial charge is 0.491 e. The Morgan fingerprint density at radius 1 is 1.10 bits per heavy atom. The van der Waals surface area contributed by atoms with E-state index in [0.717, 1.165) is 11.1 Å². The molecule has 0 saturated carbocycles. The van der Waals surface area contributed by atoms with E-state index in [1.54, 1.807) is 7.11 Å². The molecule has 1 atom stereocenters. The van der Waals surface area contributed by atoms with Gasteiger partial charge in [0.1, 0.15) is 12.4 Å². The van der Waals surface area contributed by atoms with Crippen LogP contribution < -0.4 is 4.74 Å². The molecule has 2 aromatic rings. The van der Waals surface area contributed by atoms with Crippen molar-refractivity contribution in [3.05, 3.63) is 64.7 Å². The van der Waals surface area contributed by atoms with E-state index < -0.39 is 6.10 Å². The second-order valence-electron chi connectivity index (χ2n) is 4.73. The van der Waals surface area contributed by atoms with Gasteiger partial charge in [0.15, 0.2) is 0 Å². The molecule has 21 heavy (non-hydrogen) atoms. The molecule has 0 aliphatic carbocycles. The first kappa shape index (κ1) is 15.8. The third kappa shape index (κ3) is 4.74. The first-order valence-electron chi connectivity index (χ1n) is 6.84. The molecule has 4 heteroatoms. The van der Waals surface area contributed by atoms with Crippen molar-refractivity contribution < 1.29 is 14.6 Å². The maximum Gasteiger partial charge on any atom is 0.125 e. The molecule has 0 aromatic heterocycles. The number of benzene rings is 2. The van der Waals surface area contributed by atoms with Crippen LogP contribution in [-0.2, 0) is 11.2 Å². The predicted octanol–water partition coefficient (Wildman–Crippen LogP) is 3.64. The summed E-state index contributed by atoms with van der Waals surface area (Å²) in [6.07, 6.45) is -0.146. The van der Waals surface area contributed by atoms with Crippen LogP contribution in [0.5, 0.6) is 5.75 Å². The molecule has 0 aliphatic rings. The Labute approximate surface area is 130 Å². The summed E-state index contributed by atoms with van der Waals surface area (Å²) in [5, 5.41) is 11.1. The Balaban J connectivity index is 2.09. The first-order valence-corrected chi connectivity index (χ1v) is 7.21. The Morgan fingerprint density at radius 3 is 2.67 bits per heavy atom. The van der Waals surface area contributed by atoms with Crippen molar-refractivity contribution in [2.75, 3.05) is 20.3 Å². The van der Waals surface area contributed by atoms with Gasteiger partial charge in [-0.2, -0.15) is 0 Å². The van der Waals surface area contributed by atoms with Crippen LogP contribution in [0.3, 0.4) is 0 Å². The van der Waals surface area contributed by atoms with Crippen LogP contribution in [-0.4, -0.2) is 25.4 Å². The summed E-state index contributed by atoms with van der Waals surface area (Å²) < 4.78 is 10.6. The van der Waals surface area contributed by atoms with Gasteiger partial charge in [0.05, 0.1) is 12.7 Å². The standard InChI is InChI=1S/C17H19ClO3/c1-20-9-10-21-17-8-3-2-7-15(17)16(19)12-13-5-4-6-14(18)11-13/h2-8,11,16,19H,9-10,12H2,1H3. The monoisotopic (exact) mass is 306 g/mol. The zero-order chi connectivity index (χ0) is 15.1. The Kier molecular flexibility index (Phi) is 6.05. The molecule has 0 fully saturated rings. The van der Waals surface area contributed by atoms with E-state index in [9.17, 15) is 5.11 Å². The summed E-state index contributed by atoms with van der Waals surface area (Å²) in [7, 11) is 1.63. The van der Waals surface area contributed by atoms with Crippen LogP contribution in [0.1, 0.15) is 17.2 Å². The average molecular weight is 307 g/mol. The van der Waals surface area contributed by atoms with Gasteiger partial charge in [0.2, 0.25) is 0 Å². The smallest absolute Gasteiger partial charge is 0.125 e. The number of hydrogen-bond acceptors (Lipinski definition) is 3. The highest BCUT2D eigenvalue weighted by atomic mass is 35.5. The van der Waals surface area contributed by atoms with E-state index in [-0.39, 0.29) is 0 Å². The predicted molar refractivity (Wildman–Crippen MR) is 83.9 cm³/mol. The van der Waals surface area contributed by atoms with Gasteiger partial charge in [-0.25, -0.2) is 0 Å². The van der Waals surface area contributed by atoms with E-state index in [4.69, 9.17) is 21.1 Å². The lowest BCUT2D eigenvalue weighted by atomic mass is 10.0. The fraction of sp³-hybridized carbons (Fsp3) is 0.294. The highest BCUT2D eigenvalue weighted by Gasteiger charge is 2.14. The van der Waals surface area contributed by atoms with Crippen molar-refractivity contribution in [1.29, 1.82) is 0 Å². The van der Waals surface area contributed by atoms with Gasteiger partial charge in [0.25, 0.3) is 0 Å². The Bertz CT molecular complexity index is 571. The second kappa shape index (κ2) is 8.03. The number of rotatable bonds is 7. The fourth-order valence-corrected chi connectivity index (χ4v) is 2.33. The van der Waals surface area contributed by atoms with E-state index in [1.807, 2.05) is 48.5 Å². The minimum absolute atomic E-state index is 0.456. The number of para-hydroxylation sites is 1. The summed E-state index contributed by atoms with van der Waals surface area (Å²) in [6, 6.07) is 15.0. The Hall–Kier alpha value is -1.55. The van der Waals surface area contributed by atoms with E-state index in [2.05, 4.69) is 0 Å². The lowest BCUT2D eigenvalue weighted by Gasteiger charge is -2.16. The van der Waals surface area contributed by atoms with Crippen molar-refractivity contribution in [2.24, 2.45) is 0 Å². The molecule has 0 spiro atoms. The van der Waals surface area contributed by atoms with Gasteiger partial charge in [0, 0.05) is 24.1 Å². The highest BCUT2D eigenvalue weighted by Crippen LogP contribution is 2.28. The molecule has 2 aromatic carbocycles. The van der Waals surface area contributed by atoms with Gasteiger partial charge in [-0.1, -0.05) is 41.9 Å². The summed E-state index contributed by atoms with van der Waals surface area (Å²) in [4.78, 5) is 0. The summed E-state index contributed by atoms with van der Waals surface area (Å²) in [6.45, 7) is 0.968. The van der Waals surface area contributed by atoms with E-state index in [0.29, 0.717) is 30.4 Å². The molecule has 2 rings (SSSR count). The van der Waals surface area contributed by atoms with Gasteiger partial charge < -0.3 is 14.6 Å². The molecule has 0 heterocycles. The molecule has 0 bridgehead atoms. The summed E-state index contributed by atoms with van der Waals surface area (Å²) >= 11 is 5.97. The number of hydrogen-bond donors (Lipinski definition) is 1. The number of aliphatic hydroxyl groups excluding tert-OH is 1. The topological polar surface area (TPSA) is 38.7 Å². The quantitative estimate of drug-likeness (QED) is 0.794. The molecule has 0 amide bonds. The maximum atomic E-state index is 10.4. The van der Waals surface area contributed by atoms with Crippen molar-refractivity contribution in [3.63, 3.8) is 0 Å². The van der Waals surface area contributed by atoms with Gasteiger partial charge >= 0.3 is 0 Å². The second-order valence-corrected chi connectivity index (χ2v) is 5.17. The molecule has 0 radical (unpaired) electrons. The van der Waals surface area contributed by atoms with E-state index in [1.165, 1.54) is 0 Å². The van der Waals surface area contributed by atoms with Crippen LogP contribution in [0, 0.1) is 0 Å². The molecular weight excluding hydrogens is 288 g/mol. The minimum Gasteiger partial charge on any atom is -0.491 e. The first-order chi connectivity index (χ1) is 10.2. The van der Waals surface area contributed by atoms with Gasteiger partial charge in [-0.05, 0) is 23.8 Å². The summed E-state index contributed by atoms with van der Waals surface area (Å²) in [5.41, 5.74) is 1.76. The molecule has 112 valence electrons. The molecule has 3 nitrogen and oxygen atoms in total. The minimum atomic E-state index is -0.637. The molecule has 0 saturated heterocycles. The average Bonchev–Trinajstić information content (AvgIpc) is 2.48. The number of halogens is 1. The van der Waals surface area contributed by atoms with Crippen molar-refractivity contribution in [2.45, 2.75) is 12.5 Å². The lowest BCUT2D eigenvalue weighted by Crippen LogP contribution is -2.09. The molecule has 0 aliphatic heterocycles. The van der Waals surface area contributed by atoms with Crippen molar-refractivity contribution >= 4 is 11.6 Å². The number of methoxy groups -OCH3 is 1. The number of aliphatic hydroxyl groups is 1. The van der Waals surface area contributed by atoms with Crippen molar-refractivity contribution in [3.8, 4) is 5.75 Å². The molecular formula is C17H19ClO3. The lowest BCUT2D eigenvalue weighted by molar-refractivity contribution is 0.138. The molecule has 1 unspecified atom stereocenters. The Morgan fingerprint density at radius 2 is 1.90 bits per heavy atom. The van der Waals surface area contributed by atoms with E-state index >= 15 is 0 Å². The third-order valence-electron chi connectivity index (χ3n) is 3.14. The van der Waals surface area contributed by atoms with Crippen LogP contribution in [0.2, 0.25) is 5.02 Å². The van der Waals surface area contributed by atoms with Crippen LogP contribution in [0.4, 0.5) is 0 Å².